The Bertz CT molecular complexity index is 459. The molecule has 0 aliphatic rings. The van der Waals surface area contributed by atoms with Crippen LogP contribution in [0.25, 0.3) is 0 Å². The summed E-state index contributed by atoms with van der Waals surface area (Å²) in [6.45, 7) is 0. The number of hydrogen-bond acceptors (Lipinski definition) is 4. The normalized spacial score (nSPS) is 11.4. The van der Waals surface area contributed by atoms with E-state index in [4.69, 9.17) is 33.5 Å². The summed E-state index contributed by atoms with van der Waals surface area (Å²) in [5, 5.41) is -0.108. The van der Waals surface area contributed by atoms with Crippen LogP contribution in [0.3, 0.4) is 0 Å². The van der Waals surface area contributed by atoms with Gasteiger partial charge in [0, 0.05) is 11.8 Å². The van der Waals surface area contributed by atoms with Gasteiger partial charge in [0.25, 0.3) is 0 Å². The van der Waals surface area contributed by atoms with Gasteiger partial charge in [-0.2, -0.15) is 8.42 Å². The molecule has 0 aliphatic carbocycles. The standard InChI is InChI=1S/C6H5Cl2NO4S/c7-4-1-3(9)2-5(6(4)8)13-14(10,11)12/h1-2H,9H2,(H,10,11,12). The number of rotatable bonds is 2. The molecule has 0 saturated heterocycles. The minimum atomic E-state index is -4.63. The van der Waals surface area contributed by atoms with Crippen molar-refractivity contribution in [2.45, 2.75) is 0 Å². The number of benzene rings is 1. The van der Waals surface area contributed by atoms with Crippen LogP contribution in [0.1, 0.15) is 0 Å². The van der Waals surface area contributed by atoms with Gasteiger partial charge in [-0.25, -0.2) is 0 Å². The number of hydrogen-bond donors (Lipinski definition) is 2. The van der Waals surface area contributed by atoms with Gasteiger partial charge in [-0.05, 0) is 6.07 Å². The highest BCUT2D eigenvalue weighted by molar-refractivity contribution is 7.81. The van der Waals surface area contributed by atoms with E-state index in [0.29, 0.717) is 0 Å². The van der Waals surface area contributed by atoms with Crippen LogP contribution in [0.4, 0.5) is 5.69 Å². The van der Waals surface area contributed by atoms with Gasteiger partial charge in [-0.1, -0.05) is 23.2 Å². The van der Waals surface area contributed by atoms with Crippen LogP contribution in [-0.4, -0.2) is 13.0 Å². The van der Waals surface area contributed by atoms with Gasteiger partial charge >= 0.3 is 10.4 Å². The van der Waals surface area contributed by atoms with Crippen LogP contribution < -0.4 is 9.92 Å². The molecule has 0 atom stereocenters. The lowest BCUT2D eigenvalue weighted by Gasteiger charge is -2.06. The second kappa shape index (κ2) is 3.82. The zero-order valence-electron chi connectivity index (χ0n) is 6.57. The molecular formula is C6H5Cl2NO4S. The third-order valence-electron chi connectivity index (χ3n) is 1.21. The van der Waals surface area contributed by atoms with Crippen molar-refractivity contribution >= 4 is 39.3 Å². The summed E-state index contributed by atoms with van der Waals surface area (Å²) in [5.74, 6) is -0.320. The first-order chi connectivity index (χ1) is 6.29. The molecule has 8 heteroatoms. The van der Waals surface area contributed by atoms with Gasteiger partial charge in [0.05, 0.1) is 5.02 Å². The van der Waals surface area contributed by atoms with Crippen molar-refractivity contribution in [3.05, 3.63) is 22.2 Å². The molecule has 0 amide bonds. The van der Waals surface area contributed by atoms with Gasteiger partial charge in [-0.3, -0.25) is 4.55 Å². The van der Waals surface area contributed by atoms with Crippen LogP contribution in [0.5, 0.6) is 5.75 Å². The fourth-order valence-corrected chi connectivity index (χ4v) is 1.53. The number of nitrogens with two attached hydrogens (primary N) is 1. The average Bonchev–Trinajstić information content (AvgIpc) is 1.96. The Hall–Kier alpha value is -0.690. The molecule has 5 nitrogen and oxygen atoms in total. The molecule has 0 aliphatic heterocycles. The van der Waals surface area contributed by atoms with Crippen molar-refractivity contribution in [3.8, 4) is 5.75 Å². The second-order valence-electron chi connectivity index (χ2n) is 2.33. The molecule has 3 N–H and O–H groups in total. The van der Waals surface area contributed by atoms with E-state index in [9.17, 15) is 8.42 Å². The summed E-state index contributed by atoms with van der Waals surface area (Å²) in [5.41, 5.74) is 5.51. The molecule has 14 heavy (non-hydrogen) atoms. The van der Waals surface area contributed by atoms with Crippen molar-refractivity contribution in [3.63, 3.8) is 0 Å². The van der Waals surface area contributed by atoms with E-state index >= 15 is 0 Å². The third-order valence-corrected chi connectivity index (χ3v) is 2.39. The third kappa shape index (κ3) is 2.91. The minimum Gasteiger partial charge on any atom is -0.399 e. The summed E-state index contributed by atoms with van der Waals surface area (Å²) in [7, 11) is -4.63. The highest BCUT2D eigenvalue weighted by atomic mass is 35.5. The first kappa shape index (κ1) is 11.4. The van der Waals surface area contributed by atoms with Gasteiger partial charge in [-0.15, -0.1) is 0 Å². The lowest BCUT2D eigenvalue weighted by atomic mass is 10.3. The Morgan fingerprint density at radius 1 is 1.36 bits per heavy atom. The fourth-order valence-electron chi connectivity index (χ4n) is 0.758. The van der Waals surface area contributed by atoms with Gasteiger partial charge in [0.15, 0.2) is 5.75 Å². The van der Waals surface area contributed by atoms with E-state index in [2.05, 4.69) is 4.18 Å². The van der Waals surface area contributed by atoms with Crippen LogP contribution in [0, 0.1) is 0 Å². The van der Waals surface area contributed by atoms with Gasteiger partial charge in [0.1, 0.15) is 5.02 Å². The molecule has 1 aromatic carbocycles. The van der Waals surface area contributed by atoms with Crippen molar-refractivity contribution in [1.82, 2.24) is 0 Å². The first-order valence-electron chi connectivity index (χ1n) is 3.21. The van der Waals surface area contributed by atoms with Crippen LogP contribution in [-0.2, 0) is 10.4 Å². The molecule has 78 valence electrons. The van der Waals surface area contributed by atoms with Crippen LogP contribution in [0.2, 0.25) is 10.0 Å². The first-order valence-corrected chi connectivity index (χ1v) is 5.33. The molecule has 0 spiro atoms. The fraction of sp³-hybridized carbons (Fsp3) is 0. The van der Waals surface area contributed by atoms with E-state index < -0.39 is 10.4 Å². The second-order valence-corrected chi connectivity index (χ2v) is 4.13. The molecule has 0 radical (unpaired) electrons. The molecule has 0 bridgehead atoms. The summed E-state index contributed by atoms with van der Waals surface area (Å²) >= 11 is 11.2. The lowest BCUT2D eigenvalue weighted by molar-refractivity contribution is 0.387. The van der Waals surface area contributed by atoms with Gasteiger partial charge < -0.3 is 9.92 Å². The number of halogens is 2. The van der Waals surface area contributed by atoms with E-state index in [0.717, 1.165) is 6.07 Å². The Balaban J connectivity index is 3.22. The monoisotopic (exact) mass is 257 g/mol. The Morgan fingerprint density at radius 2 is 1.93 bits per heavy atom. The van der Waals surface area contributed by atoms with Crippen LogP contribution in [0.15, 0.2) is 12.1 Å². The summed E-state index contributed by atoms with van der Waals surface area (Å²) in [6.07, 6.45) is 0. The van der Waals surface area contributed by atoms with Crippen molar-refractivity contribution in [2.75, 3.05) is 5.73 Å². The molecule has 0 saturated carbocycles. The highest BCUT2D eigenvalue weighted by Crippen LogP contribution is 2.34. The number of nitrogen functional groups attached to an aromatic ring is 1. The average molecular weight is 258 g/mol. The smallest absolute Gasteiger partial charge is 0.399 e. The van der Waals surface area contributed by atoms with E-state index in [1.807, 2.05) is 0 Å². The summed E-state index contributed by atoms with van der Waals surface area (Å²) < 4.78 is 33.2. The highest BCUT2D eigenvalue weighted by Gasteiger charge is 2.13. The van der Waals surface area contributed by atoms with Crippen molar-refractivity contribution < 1.29 is 17.2 Å². The maximum absolute atomic E-state index is 10.4. The van der Waals surface area contributed by atoms with Crippen LogP contribution >= 0.6 is 23.2 Å². The summed E-state index contributed by atoms with van der Waals surface area (Å²) in [6, 6.07) is 2.45. The maximum Gasteiger partial charge on any atom is 0.446 e. The van der Waals surface area contributed by atoms with E-state index in [1.54, 1.807) is 0 Å². The Morgan fingerprint density at radius 3 is 2.43 bits per heavy atom. The largest absolute Gasteiger partial charge is 0.446 e. The molecule has 1 aromatic rings. The van der Waals surface area contributed by atoms with E-state index in [-0.39, 0.29) is 21.5 Å². The zero-order valence-corrected chi connectivity index (χ0v) is 8.90. The lowest BCUT2D eigenvalue weighted by Crippen LogP contribution is -2.07. The molecule has 0 unspecified atom stereocenters. The summed E-state index contributed by atoms with van der Waals surface area (Å²) in [4.78, 5) is 0. The molecule has 0 aromatic heterocycles. The van der Waals surface area contributed by atoms with Gasteiger partial charge in [0.2, 0.25) is 0 Å². The number of anilines is 1. The Kier molecular flexibility index (Phi) is 3.10. The van der Waals surface area contributed by atoms with E-state index in [1.165, 1.54) is 6.07 Å². The zero-order chi connectivity index (χ0) is 10.9. The SMILES string of the molecule is Nc1cc(Cl)c(Cl)c(OS(=O)(=O)O)c1. The quantitative estimate of drug-likeness (QED) is 0.623. The molecule has 1 rings (SSSR count). The maximum atomic E-state index is 10.4. The topological polar surface area (TPSA) is 89.6 Å². The minimum absolute atomic E-state index is 0.0327. The molecule has 0 fully saturated rings. The Labute approximate surface area is 90.3 Å². The molecule has 0 heterocycles. The predicted molar refractivity (Wildman–Crippen MR) is 53.1 cm³/mol. The van der Waals surface area contributed by atoms with Crippen molar-refractivity contribution in [2.24, 2.45) is 0 Å². The molecular weight excluding hydrogens is 253 g/mol. The predicted octanol–water partition coefficient (Wildman–Crippen LogP) is 1.76. The van der Waals surface area contributed by atoms with Crippen molar-refractivity contribution in [1.29, 1.82) is 0 Å².